The molecular formula is C12H19Br2NOS. The van der Waals surface area contributed by atoms with Gasteiger partial charge in [-0.25, -0.2) is 0 Å². The van der Waals surface area contributed by atoms with E-state index in [1.54, 1.807) is 18.4 Å². The summed E-state index contributed by atoms with van der Waals surface area (Å²) in [5.74, 6) is 0. The monoisotopic (exact) mass is 383 g/mol. The van der Waals surface area contributed by atoms with E-state index in [9.17, 15) is 0 Å². The second-order valence-electron chi connectivity index (χ2n) is 4.61. The average molecular weight is 385 g/mol. The van der Waals surface area contributed by atoms with Crippen molar-refractivity contribution in [3.63, 3.8) is 0 Å². The maximum absolute atomic E-state index is 5.45. The molecule has 1 atom stereocenters. The van der Waals surface area contributed by atoms with Gasteiger partial charge >= 0.3 is 0 Å². The number of rotatable bonds is 6. The van der Waals surface area contributed by atoms with Crippen molar-refractivity contribution in [2.45, 2.75) is 38.3 Å². The number of nitrogens with one attached hydrogen (secondary N) is 1. The quantitative estimate of drug-likeness (QED) is 0.764. The van der Waals surface area contributed by atoms with E-state index in [2.05, 4.69) is 57.1 Å². The fourth-order valence-corrected chi connectivity index (χ4v) is 3.79. The van der Waals surface area contributed by atoms with Crippen LogP contribution in [0.25, 0.3) is 0 Å². The van der Waals surface area contributed by atoms with Crippen molar-refractivity contribution < 1.29 is 4.74 Å². The highest BCUT2D eigenvalue weighted by molar-refractivity contribution is 9.13. The van der Waals surface area contributed by atoms with E-state index in [4.69, 9.17) is 4.74 Å². The van der Waals surface area contributed by atoms with Crippen LogP contribution in [-0.2, 0) is 4.74 Å². The Bertz CT molecular complexity index is 346. The van der Waals surface area contributed by atoms with Gasteiger partial charge in [0.25, 0.3) is 0 Å². The Morgan fingerprint density at radius 1 is 1.47 bits per heavy atom. The van der Waals surface area contributed by atoms with Crippen LogP contribution < -0.4 is 5.32 Å². The van der Waals surface area contributed by atoms with Crippen molar-refractivity contribution in [3.8, 4) is 0 Å². The van der Waals surface area contributed by atoms with E-state index in [0.29, 0.717) is 6.04 Å². The van der Waals surface area contributed by atoms with Gasteiger partial charge in [0.1, 0.15) is 0 Å². The van der Waals surface area contributed by atoms with Crippen LogP contribution in [-0.4, -0.2) is 19.8 Å². The highest BCUT2D eigenvalue weighted by atomic mass is 79.9. The van der Waals surface area contributed by atoms with E-state index in [-0.39, 0.29) is 5.60 Å². The SMILES string of the molecule is CNC(CCC(C)(C)OC)c1cc(Br)c(Br)s1. The summed E-state index contributed by atoms with van der Waals surface area (Å²) in [6.07, 6.45) is 2.10. The molecule has 0 spiro atoms. The van der Waals surface area contributed by atoms with Crippen molar-refractivity contribution >= 4 is 43.2 Å². The van der Waals surface area contributed by atoms with Crippen molar-refractivity contribution in [2.24, 2.45) is 0 Å². The molecule has 0 radical (unpaired) electrons. The molecule has 0 saturated heterocycles. The fraction of sp³-hybridized carbons (Fsp3) is 0.667. The molecule has 1 aromatic heterocycles. The van der Waals surface area contributed by atoms with Crippen LogP contribution >= 0.6 is 43.2 Å². The summed E-state index contributed by atoms with van der Waals surface area (Å²) < 4.78 is 7.73. The van der Waals surface area contributed by atoms with Crippen LogP contribution in [0, 0.1) is 0 Å². The lowest BCUT2D eigenvalue weighted by Crippen LogP contribution is -2.25. The highest BCUT2D eigenvalue weighted by Crippen LogP contribution is 2.37. The molecular weight excluding hydrogens is 366 g/mol. The van der Waals surface area contributed by atoms with E-state index in [1.165, 1.54) is 4.88 Å². The molecule has 2 nitrogen and oxygen atoms in total. The third-order valence-electron chi connectivity index (χ3n) is 2.94. The molecule has 0 amide bonds. The van der Waals surface area contributed by atoms with Crippen molar-refractivity contribution in [2.75, 3.05) is 14.2 Å². The zero-order valence-corrected chi connectivity index (χ0v) is 14.6. The molecule has 98 valence electrons. The number of halogens is 2. The molecule has 0 aliphatic carbocycles. The summed E-state index contributed by atoms with van der Waals surface area (Å²) >= 11 is 8.84. The van der Waals surface area contributed by atoms with Crippen LogP contribution in [0.2, 0.25) is 0 Å². The summed E-state index contributed by atoms with van der Waals surface area (Å²) in [7, 11) is 3.78. The molecule has 1 N–H and O–H groups in total. The number of hydrogen-bond acceptors (Lipinski definition) is 3. The summed E-state index contributed by atoms with van der Waals surface area (Å²) in [5, 5.41) is 3.37. The first-order chi connectivity index (χ1) is 7.89. The predicted octanol–water partition coefficient (Wildman–Crippen LogP) is 4.74. The molecule has 0 aliphatic heterocycles. The summed E-state index contributed by atoms with van der Waals surface area (Å²) in [4.78, 5) is 1.35. The van der Waals surface area contributed by atoms with Gasteiger partial charge in [0.15, 0.2) is 0 Å². The van der Waals surface area contributed by atoms with Crippen molar-refractivity contribution in [1.29, 1.82) is 0 Å². The fourth-order valence-electron chi connectivity index (χ4n) is 1.56. The largest absolute Gasteiger partial charge is 0.379 e. The first-order valence-electron chi connectivity index (χ1n) is 5.57. The van der Waals surface area contributed by atoms with Crippen LogP contribution in [0.3, 0.4) is 0 Å². The zero-order chi connectivity index (χ0) is 13.1. The molecule has 0 bridgehead atoms. The standard InChI is InChI=1S/C12H19Br2NOS/c1-12(2,16-4)6-5-9(15-3)10-7-8(13)11(14)17-10/h7,9,15H,5-6H2,1-4H3. The summed E-state index contributed by atoms with van der Waals surface area (Å²) in [5.41, 5.74) is -0.0547. The molecule has 1 heterocycles. The van der Waals surface area contributed by atoms with Crippen molar-refractivity contribution in [3.05, 3.63) is 19.2 Å². The van der Waals surface area contributed by atoms with E-state index in [0.717, 1.165) is 21.1 Å². The first-order valence-corrected chi connectivity index (χ1v) is 7.97. The topological polar surface area (TPSA) is 21.3 Å². The van der Waals surface area contributed by atoms with Gasteiger partial charge in [0.2, 0.25) is 0 Å². The second kappa shape index (κ2) is 6.66. The third-order valence-corrected chi connectivity index (χ3v) is 6.31. The lowest BCUT2D eigenvalue weighted by molar-refractivity contribution is 0.0119. The minimum atomic E-state index is -0.0547. The molecule has 5 heteroatoms. The van der Waals surface area contributed by atoms with Crippen LogP contribution in [0.15, 0.2) is 14.3 Å². The average Bonchev–Trinajstić information content (AvgIpc) is 2.60. The first kappa shape index (κ1) is 15.6. The Morgan fingerprint density at radius 3 is 2.53 bits per heavy atom. The molecule has 1 unspecified atom stereocenters. The van der Waals surface area contributed by atoms with Crippen molar-refractivity contribution in [1.82, 2.24) is 5.32 Å². The normalized spacial score (nSPS) is 14.0. The number of hydrogen-bond donors (Lipinski definition) is 1. The van der Waals surface area contributed by atoms with Gasteiger partial charge in [-0.15, -0.1) is 11.3 Å². The van der Waals surface area contributed by atoms with E-state index in [1.807, 2.05) is 7.05 Å². The van der Waals surface area contributed by atoms with E-state index >= 15 is 0 Å². The second-order valence-corrected chi connectivity index (χ2v) is 7.87. The summed E-state index contributed by atoms with van der Waals surface area (Å²) in [6.45, 7) is 4.25. The van der Waals surface area contributed by atoms with Gasteiger partial charge in [0, 0.05) is 22.5 Å². The molecule has 0 aliphatic rings. The number of thiophene rings is 1. The third kappa shape index (κ3) is 4.63. The highest BCUT2D eigenvalue weighted by Gasteiger charge is 2.21. The molecule has 0 saturated carbocycles. The lowest BCUT2D eigenvalue weighted by atomic mass is 9.98. The zero-order valence-electron chi connectivity index (χ0n) is 10.6. The molecule has 0 aromatic carbocycles. The Kier molecular flexibility index (Phi) is 6.13. The van der Waals surface area contributed by atoms with Gasteiger partial charge in [-0.3, -0.25) is 0 Å². The molecule has 1 aromatic rings. The van der Waals surface area contributed by atoms with Gasteiger partial charge in [-0.05, 0) is 71.7 Å². The van der Waals surface area contributed by atoms with Gasteiger partial charge in [-0.1, -0.05) is 0 Å². The predicted molar refractivity (Wildman–Crippen MR) is 81.8 cm³/mol. The maximum Gasteiger partial charge on any atom is 0.0843 e. The van der Waals surface area contributed by atoms with Gasteiger partial charge < -0.3 is 10.1 Å². The maximum atomic E-state index is 5.45. The molecule has 1 rings (SSSR count). The molecule has 0 fully saturated rings. The van der Waals surface area contributed by atoms with Gasteiger partial charge in [-0.2, -0.15) is 0 Å². The van der Waals surface area contributed by atoms with Crippen LogP contribution in [0.1, 0.15) is 37.6 Å². The van der Waals surface area contributed by atoms with Crippen LogP contribution in [0.5, 0.6) is 0 Å². The Labute approximate surface area is 124 Å². The Balaban J connectivity index is 2.66. The molecule has 17 heavy (non-hydrogen) atoms. The van der Waals surface area contributed by atoms with E-state index < -0.39 is 0 Å². The Hall–Kier alpha value is 0.580. The van der Waals surface area contributed by atoms with Gasteiger partial charge in [0.05, 0.1) is 9.39 Å². The number of ether oxygens (including phenoxy) is 1. The van der Waals surface area contributed by atoms with Crippen LogP contribution in [0.4, 0.5) is 0 Å². The number of methoxy groups -OCH3 is 1. The minimum Gasteiger partial charge on any atom is -0.379 e. The lowest BCUT2D eigenvalue weighted by Gasteiger charge is -2.25. The Morgan fingerprint density at radius 2 is 2.12 bits per heavy atom. The smallest absolute Gasteiger partial charge is 0.0843 e. The summed E-state index contributed by atoms with van der Waals surface area (Å²) in [6, 6.07) is 2.56. The minimum absolute atomic E-state index is 0.0547.